The van der Waals surface area contributed by atoms with Crippen molar-refractivity contribution in [2.75, 3.05) is 23.4 Å². The predicted octanol–water partition coefficient (Wildman–Crippen LogP) is 2.90. The van der Waals surface area contributed by atoms with Gasteiger partial charge in [0, 0.05) is 47.9 Å². The fourth-order valence-corrected chi connectivity index (χ4v) is 10.1. The number of carbonyl (C=O) groups excluding carboxylic acids is 3. The number of ether oxygens (including phenoxy) is 1. The first kappa shape index (κ1) is 27.1. The second kappa shape index (κ2) is 9.80. The standard InChI is InChI=1S/C30H37N3O6Si/c1-18-28(40(2,3)38)25(15-27(36)33-16-20-8-5-4-7-19(20)13-22(33)17-34)39-30(18)23-14-21(32-12-6-9-26(32)35)10-11-24(23)31-29(30)37/h4-5,7-8,10-11,14,18,22,25,28,34,38H,6,9,12-13,15-17H2,1-3H3,(H,31,37)/t18-,22-,25+,28-,30+/m0/s1. The number of carbonyl (C=O) groups is 3. The quantitative estimate of drug-likeness (QED) is 0.482. The third-order valence-corrected chi connectivity index (χ3v) is 11.9. The topological polar surface area (TPSA) is 119 Å². The zero-order valence-electron chi connectivity index (χ0n) is 23.2. The maximum atomic E-state index is 13.8. The molecule has 10 heteroatoms. The lowest BCUT2D eigenvalue weighted by atomic mass is 9.82. The molecule has 0 bridgehead atoms. The van der Waals surface area contributed by atoms with Crippen LogP contribution in [0, 0.1) is 5.92 Å². The number of benzene rings is 2. The summed E-state index contributed by atoms with van der Waals surface area (Å²) in [6.07, 6.45) is 1.18. The lowest BCUT2D eigenvalue weighted by molar-refractivity contribution is -0.149. The smallest absolute Gasteiger partial charge is 0.261 e. The molecule has 2 fully saturated rings. The maximum Gasteiger partial charge on any atom is 0.261 e. The van der Waals surface area contributed by atoms with Crippen molar-refractivity contribution in [3.8, 4) is 0 Å². The summed E-state index contributed by atoms with van der Waals surface area (Å²) >= 11 is 0. The maximum absolute atomic E-state index is 13.8. The molecule has 4 heterocycles. The van der Waals surface area contributed by atoms with Crippen LogP contribution in [0.4, 0.5) is 11.4 Å². The van der Waals surface area contributed by atoms with E-state index < -0.39 is 31.5 Å². The minimum Gasteiger partial charge on any atom is -0.432 e. The molecule has 0 aliphatic carbocycles. The second-order valence-corrected chi connectivity index (χ2v) is 16.2. The molecule has 6 rings (SSSR count). The van der Waals surface area contributed by atoms with Crippen LogP contribution in [0.3, 0.4) is 0 Å². The molecule has 2 saturated heterocycles. The number of hydrogen-bond donors (Lipinski definition) is 3. The average molecular weight is 564 g/mol. The largest absolute Gasteiger partial charge is 0.432 e. The van der Waals surface area contributed by atoms with Gasteiger partial charge < -0.3 is 29.8 Å². The zero-order chi connectivity index (χ0) is 28.4. The fraction of sp³-hybridized carbons (Fsp3) is 0.500. The van der Waals surface area contributed by atoms with Crippen LogP contribution in [0.5, 0.6) is 0 Å². The molecule has 5 atom stereocenters. The van der Waals surface area contributed by atoms with Crippen LogP contribution in [0.15, 0.2) is 42.5 Å². The molecular weight excluding hydrogens is 526 g/mol. The van der Waals surface area contributed by atoms with Crippen molar-refractivity contribution in [2.45, 2.75) is 75.5 Å². The van der Waals surface area contributed by atoms with E-state index in [9.17, 15) is 24.3 Å². The van der Waals surface area contributed by atoms with Crippen LogP contribution in [0.2, 0.25) is 18.6 Å². The van der Waals surface area contributed by atoms with Gasteiger partial charge in [-0.3, -0.25) is 14.4 Å². The summed E-state index contributed by atoms with van der Waals surface area (Å²) in [7, 11) is -2.93. The number of anilines is 2. The van der Waals surface area contributed by atoms with Crippen LogP contribution >= 0.6 is 0 Å². The van der Waals surface area contributed by atoms with Crippen LogP contribution < -0.4 is 10.2 Å². The fourth-order valence-electron chi connectivity index (χ4n) is 7.51. The first-order chi connectivity index (χ1) is 19.0. The van der Waals surface area contributed by atoms with Gasteiger partial charge in [0.1, 0.15) is 0 Å². The number of nitrogens with one attached hydrogen (secondary N) is 1. The highest BCUT2D eigenvalue weighted by atomic mass is 28.4. The minimum absolute atomic E-state index is 0.000666. The predicted molar refractivity (Wildman–Crippen MR) is 152 cm³/mol. The average Bonchev–Trinajstić information content (AvgIpc) is 3.56. The number of amides is 3. The molecular formula is C30H37N3O6Si. The van der Waals surface area contributed by atoms with Gasteiger partial charge in [0.25, 0.3) is 5.91 Å². The van der Waals surface area contributed by atoms with Gasteiger partial charge in [0.05, 0.1) is 25.2 Å². The van der Waals surface area contributed by atoms with E-state index >= 15 is 0 Å². The molecule has 3 amide bonds. The Morgan fingerprint density at radius 3 is 2.60 bits per heavy atom. The molecule has 0 radical (unpaired) electrons. The highest BCUT2D eigenvalue weighted by Gasteiger charge is 2.65. The Labute approximate surface area is 235 Å². The molecule has 0 unspecified atom stereocenters. The lowest BCUT2D eigenvalue weighted by Gasteiger charge is -2.37. The van der Waals surface area contributed by atoms with Crippen molar-refractivity contribution in [2.24, 2.45) is 5.92 Å². The molecule has 3 N–H and O–H groups in total. The van der Waals surface area contributed by atoms with Crippen LogP contribution in [0.1, 0.15) is 42.9 Å². The van der Waals surface area contributed by atoms with Crippen molar-refractivity contribution >= 4 is 37.4 Å². The number of fused-ring (bicyclic) bond motifs is 3. The lowest BCUT2D eigenvalue weighted by Crippen LogP contribution is -2.48. The van der Waals surface area contributed by atoms with E-state index in [0.717, 1.165) is 23.2 Å². The summed E-state index contributed by atoms with van der Waals surface area (Å²) < 4.78 is 6.69. The number of aliphatic hydroxyl groups excluding tert-OH is 1. The van der Waals surface area contributed by atoms with Gasteiger partial charge in [-0.15, -0.1) is 0 Å². The van der Waals surface area contributed by atoms with E-state index in [0.29, 0.717) is 37.2 Å². The Kier molecular flexibility index (Phi) is 6.64. The first-order valence-corrected chi connectivity index (χ1v) is 17.2. The minimum atomic E-state index is -2.93. The summed E-state index contributed by atoms with van der Waals surface area (Å²) in [6, 6.07) is 13.1. The Balaban J connectivity index is 1.33. The van der Waals surface area contributed by atoms with Crippen LogP contribution in [0.25, 0.3) is 0 Å². The van der Waals surface area contributed by atoms with Gasteiger partial charge >= 0.3 is 0 Å². The Bertz CT molecular complexity index is 1380. The number of hydrogen-bond acceptors (Lipinski definition) is 6. The number of aliphatic hydroxyl groups is 1. The van der Waals surface area contributed by atoms with E-state index in [1.54, 1.807) is 9.80 Å². The van der Waals surface area contributed by atoms with Gasteiger partial charge in [0.15, 0.2) is 13.9 Å². The van der Waals surface area contributed by atoms with E-state index in [4.69, 9.17) is 4.74 Å². The normalized spacial score (nSPS) is 29.6. The van der Waals surface area contributed by atoms with E-state index in [1.165, 1.54) is 0 Å². The molecule has 0 saturated carbocycles. The van der Waals surface area contributed by atoms with Gasteiger partial charge in [-0.2, -0.15) is 0 Å². The van der Waals surface area contributed by atoms with Crippen molar-refractivity contribution < 1.29 is 29.0 Å². The van der Waals surface area contributed by atoms with Crippen LogP contribution in [-0.2, 0) is 37.7 Å². The van der Waals surface area contributed by atoms with E-state index in [-0.39, 0.29) is 36.8 Å². The third-order valence-electron chi connectivity index (χ3n) is 9.37. The number of rotatable bonds is 5. The molecule has 4 aliphatic rings. The summed E-state index contributed by atoms with van der Waals surface area (Å²) in [5.74, 6) is -0.823. The molecule has 0 aromatic heterocycles. The molecule has 2 aromatic rings. The van der Waals surface area contributed by atoms with Gasteiger partial charge in [-0.25, -0.2) is 0 Å². The van der Waals surface area contributed by atoms with Gasteiger partial charge in [-0.1, -0.05) is 31.2 Å². The molecule has 1 spiro atoms. The van der Waals surface area contributed by atoms with Crippen molar-refractivity contribution in [1.82, 2.24) is 4.90 Å². The number of nitrogens with zero attached hydrogens (tertiary/aromatic N) is 2. The highest BCUT2D eigenvalue weighted by Crippen LogP contribution is 2.58. The van der Waals surface area contributed by atoms with Crippen molar-refractivity contribution in [3.05, 3.63) is 59.2 Å². The van der Waals surface area contributed by atoms with E-state index in [2.05, 4.69) is 5.32 Å². The molecule has 4 aliphatic heterocycles. The Morgan fingerprint density at radius 1 is 1.18 bits per heavy atom. The SMILES string of the molecule is C[C@H]1[C@H]([Si](C)(C)O)[C@@H](CC(=O)N2Cc3ccccc3C[C@H]2CO)O[C@]12C(=O)Nc1ccc(N3CCCC3=O)cc12. The third kappa shape index (κ3) is 4.20. The molecule has 212 valence electrons. The summed E-state index contributed by atoms with van der Waals surface area (Å²) in [5, 5.41) is 13.1. The van der Waals surface area contributed by atoms with Crippen molar-refractivity contribution in [1.29, 1.82) is 0 Å². The summed E-state index contributed by atoms with van der Waals surface area (Å²) in [5.41, 5.74) is 2.42. The van der Waals surface area contributed by atoms with Crippen LogP contribution in [-0.4, -0.2) is 66.1 Å². The Hall–Kier alpha value is -3.05. The van der Waals surface area contributed by atoms with Gasteiger partial charge in [-0.05, 0) is 55.3 Å². The highest BCUT2D eigenvalue weighted by molar-refractivity contribution is 6.71. The Morgan fingerprint density at radius 2 is 1.93 bits per heavy atom. The van der Waals surface area contributed by atoms with E-state index in [1.807, 2.05) is 62.5 Å². The first-order valence-electron chi connectivity index (χ1n) is 14.2. The molecule has 2 aromatic carbocycles. The van der Waals surface area contributed by atoms with Crippen molar-refractivity contribution in [3.63, 3.8) is 0 Å². The second-order valence-electron chi connectivity index (χ2n) is 12.2. The summed E-state index contributed by atoms with van der Waals surface area (Å²) in [4.78, 5) is 54.9. The zero-order valence-corrected chi connectivity index (χ0v) is 24.2. The summed E-state index contributed by atoms with van der Waals surface area (Å²) in [6.45, 7) is 6.46. The molecule has 40 heavy (non-hydrogen) atoms. The monoisotopic (exact) mass is 563 g/mol. The molecule has 9 nitrogen and oxygen atoms in total. The van der Waals surface area contributed by atoms with Gasteiger partial charge in [0.2, 0.25) is 11.8 Å².